The Balaban J connectivity index is 2.17. The molecule has 140 valence electrons. The minimum absolute atomic E-state index is 0.0579. The van der Waals surface area contributed by atoms with E-state index in [0.29, 0.717) is 10.7 Å². The molecule has 2 N–H and O–H groups in total. The lowest BCUT2D eigenvalue weighted by molar-refractivity contribution is 0.0601. The summed E-state index contributed by atoms with van der Waals surface area (Å²) >= 11 is 7.00. The van der Waals surface area contributed by atoms with E-state index >= 15 is 0 Å². The number of benzene rings is 1. The van der Waals surface area contributed by atoms with Crippen molar-refractivity contribution in [3.63, 3.8) is 0 Å². The maximum absolute atomic E-state index is 12.2. The molecular formula is C20H26N2O2S2. The summed E-state index contributed by atoms with van der Waals surface area (Å²) in [4.78, 5) is 13.3. The molecule has 2 aromatic rings. The van der Waals surface area contributed by atoms with Crippen molar-refractivity contribution in [1.29, 1.82) is 0 Å². The van der Waals surface area contributed by atoms with E-state index in [1.165, 1.54) is 35.1 Å². The van der Waals surface area contributed by atoms with Gasteiger partial charge in [-0.15, -0.1) is 11.3 Å². The number of hydrogen-bond acceptors (Lipinski definition) is 4. The van der Waals surface area contributed by atoms with E-state index in [9.17, 15) is 4.79 Å². The molecule has 0 radical (unpaired) electrons. The van der Waals surface area contributed by atoms with Crippen LogP contribution in [0.4, 0.5) is 5.00 Å². The first kappa shape index (κ1) is 20.4. The highest BCUT2D eigenvalue weighted by molar-refractivity contribution is 7.80. The molecule has 0 saturated heterocycles. The first-order valence-corrected chi connectivity index (χ1v) is 9.86. The molecule has 0 amide bonds. The molecule has 0 aliphatic rings. The fourth-order valence-corrected chi connectivity index (χ4v) is 4.34. The lowest BCUT2D eigenvalue weighted by Gasteiger charge is -2.18. The molecule has 26 heavy (non-hydrogen) atoms. The van der Waals surface area contributed by atoms with Crippen molar-refractivity contribution in [2.75, 3.05) is 12.4 Å². The second kappa shape index (κ2) is 8.64. The molecule has 6 heteroatoms. The van der Waals surface area contributed by atoms with Gasteiger partial charge < -0.3 is 15.4 Å². The van der Waals surface area contributed by atoms with Crippen LogP contribution in [0.5, 0.6) is 0 Å². The summed E-state index contributed by atoms with van der Waals surface area (Å²) in [7, 11) is 1.40. The molecule has 0 fully saturated rings. The summed E-state index contributed by atoms with van der Waals surface area (Å²) in [6.45, 7) is 10.3. The number of aryl methyl sites for hydroxylation is 3. The zero-order chi connectivity index (χ0) is 19.4. The smallest absolute Gasteiger partial charge is 0.341 e. The van der Waals surface area contributed by atoms with Gasteiger partial charge in [0.05, 0.1) is 18.7 Å². The van der Waals surface area contributed by atoms with Gasteiger partial charge in [-0.1, -0.05) is 25.1 Å². The van der Waals surface area contributed by atoms with Crippen molar-refractivity contribution in [1.82, 2.24) is 5.32 Å². The molecule has 0 saturated carbocycles. The van der Waals surface area contributed by atoms with Gasteiger partial charge >= 0.3 is 5.97 Å². The average molecular weight is 391 g/mol. The van der Waals surface area contributed by atoms with Gasteiger partial charge in [-0.05, 0) is 68.6 Å². The van der Waals surface area contributed by atoms with Gasteiger partial charge in [0.15, 0.2) is 5.11 Å². The lowest BCUT2D eigenvalue weighted by atomic mass is 10.0. The third-order valence-electron chi connectivity index (χ3n) is 4.56. The van der Waals surface area contributed by atoms with Crippen LogP contribution in [0.3, 0.4) is 0 Å². The number of methoxy groups -OCH3 is 1. The molecule has 1 unspecified atom stereocenters. The first-order chi connectivity index (χ1) is 12.3. The maximum Gasteiger partial charge on any atom is 0.341 e. The molecule has 0 aliphatic carbocycles. The van der Waals surface area contributed by atoms with E-state index < -0.39 is 0 Å². The lowest BCUT2D eigenvalue weighted by Crippen LogP contribution is -2.31. The number of hydrogen-bond donors (Lipinski definition) is 2. The highest BCUT2D eigenvalue weighted by atomic mass is 32.1. The Labute approximate surface area is 165 Å². The highest BCUT2D eigenvalue weighted by Gasteiger charge is 2.22. The van der Waals surface area contributed by atoms with Crippen LogP contribution in [0.1, 0.15) is 57.4 Å². The zero-order valence-electron chi connectivity index (χ0n) is 16.1. The van der Waals surface area contributed by atoms with Crippen LogP contribution in [0.2, 0.25) is 0 Å². The van der Waals surface area contributed by atoms with Crippen molar-refractivity contribution < 1.29 is 9.53 Å². The van der Waals surface area contributed by atoms with E-state index in [1.54, 1.807) is 0 Å². The summed E-state index contributed by atoms with van der Waals surface area (Å²) in [5.41, 5.74) is 5.28. The van der Waals surface area contributed by atoms with Crippen molar-refractivity contribution >= 4 is 39.6 Å². The summed E-state index contributed by atoms with van der Waals surface area (Å²) in [6, 6.07) is 6.44. The quantitative estimate of drug-likeness (QED) is 0.551. The first-order valence-electron chi connectivity index (χ1n) is 8.63. The van der Waals surface area contributed by atoms with Crippen LogP contribution >= 0.6 is 23.6 Å². The number of carbonyl (C=O) groups excluding carboxylic acids is 1. The van der Waals surface area contributed by atoms with Crippen LogP contribution in [0.25, 0.3) is 0 Å². The largest absolute Gasteiger partial charge is 0.465 e. The molecule has 0 aliphatic heterocycles. The highest BCUT2D eigenvalue weighted by Crippen LogP contribution is 2.34. The topological polar surface area (TPSA) is 50.4 Å². The molecule has 1 aromatic heterocycles. The van der Waals surface area contributed by atoms with Gasteiger partial charge in [-0.2, -0.15) is 0 Å². The zero-order valence-corrected chi connectivity index (χ0v) is 17.8. The standard InChI is InChI=1S/C20H26N2O2S2/c1-7-16-14(5)26-18(17(16)19(23)24-6)22-20(25)21-13(4)15-9-8-11(2)12(3)10-15/h8-10,13H,7H2,1-6H3,(H2,21,22,25). The van der Waals surface area contributed by atoms with Crippen molar-refractivity contribution in [2.24, 2.45) is 0 Å². The second-order valence-electron chi connectivity index (χ2n) is 6.35. The molecule has 0 bridgehead atoms. The normalized spacial score (nSPS) is 11.8. The number of nitrogens with one attached hydrogen (secondary N) is 2. The molecule has 1 heterocycles. The maximum atomic E-state index is 12.2. The Morgan fingerprint density at radius 3 is 2.54 bits per heavy atom. The van der Waals surface area contributed by atoms with Crippen LogP contribution < -0.4 is 10.6 Å². The third kappa shape index (κ3) is 4.43. The van der Waals surface area contributed by atoms with Crippen molar-refractivity contribution in [2.45, 2.75) is 47.1 Å². The molecule has 4 nitrogen and oxygen atoms in total. The number of ether oxygens (including phenoxy) is 1. The van der Waals surface area contributed by atoms with Crippen LogP contribution in [0, 0.1) is 20.8 Å². The Morgan fingerprint density at radius 1 is 1.27 bits per heavy atom. The Hall–Kier alpha value is -1.92. The van der Waals surface area contributed by atoms with Crippen molar-refractivity contribution in [3.8, 4) is 0 Å². The van der Waals surface area contributed by atoms with Gasteiger partial charge in [0.2, 0.25) is 0 Å². The van der Waals surface area contributed by atoms with Gasteiger partial charge in [0.1, 0.15) is 5.00 Å². The fourth-order valence-electron chi connectivity index (χ4n) is 2.86. The number of thiocarbonyl (C=S) groups is 1. The Morgan fingerprint density at radius 2 is 1.96 bits per heavy atom. The minimum Gasteiger partial charge on any atom is -0.465 e. The minimum atomic E-state index is -0.335. The number of rotatable bonds is 5. The molecule has 1 atom stereocenters. The van der Waals surface area contributed by atoms with Crippen molar-refractivity contribution in [3.05, 3.63) is 50.9 Å². The summed E-state index contributed by atoms with van der Waals surface area (Å²) in [6.07, 6.45) is 0.772. The van der Waals surface area contributed by atoms with Crippen LogP contribution in [0.15, 0.2) is 18.2 Å². The van der Waals surface area contributed by atoms with E-state index in [4.69, 9.17) is 17.0 Å². The van der Waals surface area contributed by atoms with E-state index in [0.717, 1.165) is 21.9 Å². The molecule has 0 spiro atoms. The van der Waals surface area contributed by atoms with Gasteiger partial charge in [0, 0.05) is 4.88 Å². The molecule has 2 rings (SSSR count). The SMILES string of the molecule is CCc1c(C)sc(NC(=S)NC(C)c2ccc(C)c(C)c2)c1C(=O)OC. The second-order valence-corrected chi connectivity index (χ2v) is 7.98. The molecule has 1 aromatic carbocycles. The van der Waals surface area contributed by atoms with Gasteiger partial charge in [-0.25, -0.2) is 4.79 Å². The summed E-state index contributed by atoms with van der Waals surface area (Å²) in [5, 5.41) is 7.71. The van der Waals surface area contributed by atoms with Crippen LogP contribution in [-0.2, 0) is 11.2 Å². The predicted octanol–water partition coefficient (Wildman–Crippen LogP) is 5.07. The number of carbonyl (C=O) groups is 1. The monoisotopic (exact) mass is 390 g/mol. The van der Waals surface area contributed by atoms with E-state index in [-0.39, 0.29) is 12.0 Å². The Bertz CT molecular complexity index is 827. The fraction of sp³-hybridized carbons (Fsp3) is 0.400. The molecular weight excluding hydrogens is 364 g/mol. The van der Waals surface area contributed by atoms with Crippen LogP contribution in [-0.4, -0.2) is 18.2 Å². The number of anilines is 1. The van der Waals surface area contributed by atoms with E-state index in [2.05, 4.69) is 49.6 Å². The number of esters is 1. The average Bonchev–Trinajstić information content (AvgIpc) is 2.91. The third-order valence-corrected chi connectivity index (χ3v) is 5.84. The van der Waals surface area contributed by atoms with Gasteiger partial charge in [0.25, 0.3) is 0 Å². The predicted molar refractivity (Wildman–Crippen MR) is 113 cm³/mol. The van der Waals surface area contributed by atoms with E-state index in [1.807, 2.05) is 13.8 Å². The Kier molecular flexibility index (Phi) is 6.78. The summed E-state index contributed by atoms with van der Waals surface area (Å²) < 4.78 is 4.95. The summed E-state index contributed by atoms with van der Waals surface area (Å²) in [5.74, 6) is -0.335. The number of thiophene rings is 1. The van der Waals surface area contributed by atoms with Gasteiger partial charge in [-0.3, -0.25) is 0 Å².